The monoisotopic (exact) mass is 223 g/mol. The van der Waals surface area contributed by atoms with Gasteiger partial charge in [0, 0.05) is 19.1 Å². The minimum absolute atomic E-state index is 0.907. The Bertz CT molecular complexity index is 243. The van der Waals surface area contributed by atoms with Crippen LogP contribution in [0.2, 0.25) is 0 Å². The smallest absolute Gasteiger partial charge is 0.0148 e. The summed E-state index contributed by atoms with van der Waals surface area (Å²) in [5, 5.41) is 3.33. The van der Waals surface area contributed by atoms with E-state index >= 15 is 0 Å². The Balaban J connectivity index is 1.57. The lowest BCUT2D eigenvalue weighted by Crippen LogP contribution is -2.45. The van der Waals surface area contributed by atoms with Crippen LogP contribution in [0, 0.1) is 11.8 Å². The van der Waals surface area contributed by atoms with Crippen LogP contribution in [0.25, 0.3) is 0 Å². The first-order valence-corrected chi connectivity index (χ1v) is 6.98. The molecule has 0 aromatic heterocycles. The van der Waals surface area contributed by atoms with Gasteiger partial charge in [-0.05, 0) is 64.3 Å². The lowest BCUT2D eigenvalue weighted by Gasteiger charge is -2.37. The van der Waals surface area contributed by atoms with Crippen molar-refractivity contribution in [1.82, 2.24) is 15.1 Å². The molecule has 0 saturated carbocycles. The minimum atomic E-state index is 0.907. The molecule has 2 bridgehead atoms. The number of piperidine rings is 1. The van der Waals surface area contributed by atoms with Crippen LogP contribution in [0.4, 0.5) is 0 Å². The van der Waals surface area contributed by atoms with Crippen LogP contribution in [0.5, 0.6) is 0 Å². The van der Waals surface area contributed by atoms with Crippen molar-refractivity contribution in [3.05, 3.63) is 0 Å². The van der Waals surface area contributed by atoms with Gasteiger partial charge in [-0.1, -0.05) is 0 Å². The van der Waals surface area contributed by atoms with E-state index in [1.165, 1.54) is 58.5 Å². The topological polar surface area (TPSA) is 18.5 Å². The Morgan fingerprint density at radius 3 is 2.81 bits per heavy atom. The number of hydrogen-bond acceptors (Lipinski definition) is 3. The van der Waals surface area contributed by atoms with Crippen LogP contribution >= 0.6 is 0 Å². The molecule has 92 valence electrons. The number of likely N-dealkylation sites (tertiary alicyclic amines) is 1. The van der Waals surface area contributed by atoms with Gasteiger partial charge in [0.15, 0.2) is 0 Å². The first-order chi connectivity index (χ1) is 7.86. The molecule has 3 fully saturated rings. The summed E-state index contributed by atoms with van der Waals surface area (Å²) in [5.41, 5.74) is 0. The molecule has 3 rings (SSSR count). The molecule has 0 aromatic carbocycles. The van der Waals surface area contributed by atoms with Crippen molar-refractivity contribution in [2.75, 3.05) is 46.3 Å². The summed E-state index contributed by atoms with van der Waals surface area (Å²) in [7, 11) is 2.08. The molecule has 1 N–H and O–H groups in total. The molecule has 3 heteroatoms. The predicted octanol–water partition coefficient (Wildman–Crippen LogP) is 0.622. The molecule has 0 aromatic rings. The van der Waals surface area contributed by atoms with Gasteiger partial charge in [-0.2, -0.15) is 0 Å². The van der Waals surface area contributed by atoms with Gasteiger partial charge in [0.25, 0.3) is 0 Å². The highest BCUT2D eigenvalue weighted by Gasteiger charge is 2.39. The van der Waals surface area contributed by atoms with E-state index in [0.29, 0.717) is 0 Å². The molecule has 0 amide bonds. The highest BCUT2D eigenvalue weighted by atomic mass is 15.2. The summed E-state index contributed by atoms with van der Waals surface area (Å²) in [6, 6.07) is 0.917. The Kier molecular flexibility index (Phi) is 3.18. The molecular formula is C13H25N3. The summed E-state index contributed by atoms with van der Waals surface area (Å²) in [4.78, 5) is 5.46. The summed E-state index contributed by atoms with van der Waals surface area (Å²) in [5.74, 6) is 1.89. The second kappa shape index (κ2) is 4.63. The molecule has 16 heavy (non-hydrogen) atoms. The second-order valence-electron chi connectivity index (χ2n) is 5.91. The standard InChI is InChI=1S/C13H25N3/c1-14-8-11-2-7-16(9-11)13-4-6-15-5-3-12(13)10-15/h11-14H,2-10H2,1H3. The maximum absolute atomic E-state index is 3.33. The van der Waals surface area contributed by atoms with Crippen LogP contribution in [-0.2, 0) is 0 Å². The van der Waals surface area contributed by atoms with E-state index in [-0.39, 0.29) is 0 Å². The first-order valence-electron chi connectivity index (χ1n) is 6.98. The fourth-order valence-electron chi connectivity index (χ4n) is 4.03. The minimum Gasteiger partial charge on any atom is -0.319 e. The molecular weight excluding hydrogens is 198 g/mol. The third-order valence-corrected chi connectivity index (χ3v) is 4.87. The zero-order valence-electron chi connectivity index (χ0n) is 10.5. The van der Waals surface area contributed by atoms with Crippen molar-refractivity contribution < 1.29 is 0 Å². The van der Waals surface area contributed by atoms with E-state index < -0.39 is 0 Å². The molecule has 4 unspecified atom stereocenters. The van der Waals surface area contributed by atoms with Crippen LogP contribution in [0.3, 0.4) is 0 Å². The van der Waals surface area contributed by atoms with Gasteiger partial charge < -0.3 is 10.2 Å². The second-order valence-corrected chi connectivity index (χ2v) is 5.91. The van der Waals surface area contributed by atoms with Gasteiger partial charge in [0.05, 0.1) is 0 Å². The highest BCUT2D eigenvalue weighted by Crippen LogP contribution is 2.33. The third-order valence-electron chi connectivity index (χ3n) is 4.87. The predicted molar refractivity (Wildman–Crippen MR) is 66.6 cm³/mol. The Labute approximate surface area is 99.2 Å². The van der Waals surface area contributed by atoms with E-state index in [1.54, 1.807) is 0 Å². The molecule has 3 aliphatic rings. The number of nitrogens with one attached hydrogen (secondary N) is 1. The molecule has 3 nitrogen and oxygen atoms in total. The molecule has 0 spiro atoms. The number of nitrogens with zero attached hydrogens (tertiary/aromatic N) is 2. The maximum atomic E-state index is 3.33. The highest BCUT2D eigenvalue weighted by molar-refractivity contribution is 4.94. The van der Waals surface area contributed by atoms with Gasteiger partial charge in [0.2, 0.25) is 0 Å². The van der Waals surface area contributed by atoms with Gasteiger partial charge in [-0.15, -0.1) is 0 Å². The van der Waals surface area contributed by atoms with Crippen LogP contribution in [0.15, 0.2) is 0 Å². The molecule has 3 heterocycles. The van der Waals surface area contributed by atoms with E-state index in [2.05, 4.69) is 22.2 Å². The Morgan fingerprint density at radius 2 is 1.94 bits per heavy atom. The zero-order chi connectivity index (χ0) is 11.0. The summed E-state index contributed by atoms with van der Waals surface area (Å²) >= 11 is 0. The van der Waals surface area contributed by atoms with Crippen LogP contribution < -0.4 is 5.32 Å². The molecule has 3 aliphatic heterocycles. The van der Waals surface area contributed by atoms with Gasteiger partial charge in [-0.3, -0.25) is 4.90 Å². The van der Waals surface area contributed by atoms with E-state index in [0.717, 1.165) is 17.9 Å². The normalized spacial score (nSPS) is 44.1. The molecule has 4 atom stereocenters. The van der Waals surface area contributed by atoms with E-state index in [9.17, 15) is 0 Å². The van der Waals surface area contributed by atoms with Gasteiger partial charge in [0.1, 0.15) is 0 Å². The third kappa shape index (κ3) is 2.01. The fraction of sp³-hybridized carbons (Fsp3) is 1.00. The fourth-order valence-corrected chi connectivity index (χ4v) is 4.03. The zero-order valence-corrected chi connectivity index (χ0v) is 10.5. The molecule has 3 saturated heterocycles. The molecule has 0 aliphatic carbocycles. The van der Waals surface area contributed by atoms with Crippen molar-refractivity contribution in [2.45, 2.75) is 25.3 Å². The lowest BCUT2D eigenvalue weighted by molar-refractivity contribution is 0.118. The van der Waals surface area contributed by atoms with Crippen molar-refractivity contribution in [3.8, 4) is 0 Å². The van der Waals surface area contributed by atoms with Crippen molar-refractivity contribution >= 4 is 0 Å². The largest absolute Gasteiger partial charge is 0.319 e. The number of hydrogen-bond donors (Lipinski definition) is 1. The Hall–Kier alpha value is -0.120. The summed E-state index contributed by atoms with van der Waals surface area (Å²) in [6.07, 6.45) is 4.29. The molecule has 0 radical (unpaired) electrons. The number of fused-ring (bicyclic) bond motifs is 2. The first kappa shape index (κ1) is 11.0. The maximum Gasteiger partial charge on any atom is 0.0148 e. The van der Waals surface area contributed by atoms with E-state index in [1.807, 2.05) is 0 Å². The van der Waals surface area contributed by atoms with Gasteiger partial charge >= 0.3 is 0 Å². The summed E-state index contributed by atoms with van der Waals surface area (Å²) in [6.45, 7) is 8.02. The average Bonchev–Trinajstić information content (AvgIpc) is 2.89. The van der Waals surface area contributed by atoms with Gasteiger partial charge in [-0.25, -0.2) is 0 Å². The number of rotatable bonds is 3. The quantitative estimate of drug-likeness (QED) is 0.757. The van der Waals surface area contributed by atoms with Crippen molar-refractivity contribution in [1.29, 1.82) is 0 Å². The van der Waals surface area contributed by atoms with Crippen molar-refractivity contribution in [3.63, 3.8) is 0 Å². The lowest BCUT2D eigenvalue weighted by atomic mass is 9.93. The Morgan fingerprint density at radius 1 is 1.06 bits per heavy atom. The van der Waals surface area contributed by atoms with Crippen LogP contribution in [-0.4, -0.2) is 62.2 Å². The van der Waals surface area contributed by atoms with E-state index in [4.69, 9.17) is 0 Å². The van der Waals surface area contributed by atoms with Crippen LogP contribution in [0.1, 0.15) is 19.3 Å². The average molecular weight is 223 g/mol. The summed E-state index contributed by atoms with van der Waals surface area (Å²) < 4.78 is 0. The van der Waals surface area contributed by atoms with Crippen molar-refractivity contribution in [2.24, 2.45) is 11.8 Å². The SMILES string of the molecule is CNCC1CCN(C2CCN3CCC2C3)C1.